The largest absolute Gasteiger partial charge is 0.492 e. The predicted octanol–water partition coefficient (Wildman–Crippen LogP) is 5.41. The lowest BCUT2D eigenvalue weighted by molar-refractivity contribution is -0.122. The molecule has 0 bridgehead atoms. The summed E-state index contributed by atoms with van der Waals surface area (Å²) in [5.74, 6) is -4.87. The highest BCUT2D eigenvalue weighted by molar-refractivity contribution is 8.26. The van der Waals surface area contributed by atoms with Gasteiger partial charge in [0.15, 0.2) is 11.6 Å². The molecule has 3 aromatic rings. The molecule has 240 valence electrons. The Morgan fingerprint density at radius 1 is 0.978 bits per heavy atom. The normalized spacial score (nSPS) is 16.2. The summed E-state index contributed by atoms with van der Waals surface area (Å²) in [5, 5.41) is 11.5. The first-order chi connectivity index (χ1) is 22.1. The molecule has 0 atom stereocenters. The number of aromatic carboxylic acids is 1. The molecule has 2 aliphatic heterocycles. The van der Waals surface area contributed by atoms with Gasteiger partial charge in [0.1, 0.15) is 22.5 Å². The third kappa shape index (κ3) is 8.12. The van der Waals surface area contributed by atoms with Gasteiger partial charge in [0.25, 0.3) is 5.91 Å². The van der Waals surface area contributed by atoms with Crippen molar-refractivity contribution in [3.8, 4) is 16.9 Å². The van der Waals surface area contributed by atoms with Crippen LogP contribution in [0.5, 0.6) is 5.75 Å². The van der Waals surface area contributed by atoms with Crippen LogP contribution in [0.1, 0.15) is 22.3 Å². The second-order valence-electron chi connectivity index (χ2n) is 10.3. The van der Waals surface area contributed by atoms with Crippen LogP contribution < -0.4 is 10.1 Å². The molecule has 0 radical (unpaired) electrons. The van der Waals surface area contributed by atoms with Crippen LogP contribution in [0.15, 0.2) is 59.5 Å². The number of carboxylic acids is 1. The number of ether oxygens (including phenoxy) is 2. The molecule has 0 unspecified atom stereocenters. The minimum absolute atomic E-state index is 0.0542. The van der Waals surface area contributed by atoms with E-state index in [2.05, 4.69) is 10.2 Å². The van der Waals surface area contributed by atoms with E-state index < -0.39 is 40.8 Å². The van der Waals surface area contributed by atoms with Crippen molar-refractivity contribution < 1.29 is 42.1 Å². The van der Waals surface area contributed by atoms with Crippen molar-refractivity contribution in [1.29, 1.82) is 0 Å². The molecule has 2 aliphatic rings. The van der Waals surface area contributed by atoms with Gasteiger partial charge >= 0.3 is 5.97 Å². The van der Waals surface area contributed by atoms with Gasteiger partial charge in [0.05, 0.1) is 23.7 Å². The Kier molecular flexibility index (Phi) is 10.7. The SMILES string of the molecule is O=C(CCN1C(=O)/C(=C/c2cc(-c3ccc(F)c(F)c3)ccc2OCCN2CCOCC2)SC1=S)Nc1ccc(C(=O)O)c(F)c1. The Morgan fingerprint density at radius 3 is 2.43 bits per heavy atom. The average Bonchev–Trinajstić information content (AvgIpc) is 3.29. The Morgan fingerprint density at radius 2 is 1.72 bits per heavy atom. The lowest BCUT2D eigenvalue weighted by Gasteiger charge is -2.26. The quantitative estimate of drug-likeness (QED) is 0.204. The van der Waals surface area contributed by atoms with Gasteiger partial charge in [-0.05, 0) is 59.7 Å². The first-order valence-corrected chi connectivity index (χ1v) is 15.4. The number of nitrogens with zero attached hydrogens (tertiary/aromatic N) is 2. The van der Waals surface area contributed by atoms with Gasteiger partial charge in [0, 0.05) is 43.9 Å². The zero-order valence-electron chi connectivity index (χ0n) is 24.3. The minimum atomic E-state index is -1.43. The molecule has 2 saturated heterocycles. The molecule has 3 aromatic carbocycles. The van der Waals surface area contributed by atoms with Gasteiger partial charge in [-0.2, -0.15) is 0 Å². The fraction of sp³-hybridized carbons (Fsp3) is 0.250. The lowest BCUT2D eigenvalue weighted by Crippen LogP contribution is -2.38. The number of thiocarbonyl (C=S) groups is 1. The van der Waals surface area contributed by atoms with Crippen molar-refractivity contribution in [2.24, 2.45) is 0 Å². The summed E-state index contributed by atoms with van der Waals surface area (Å²) in [6.07, 6.45) is 1.45. The fourth-order valence-electron chi connectivity index (χ4n) is 4.79. The van der Waals surface area contributed by atoms with Crippen LogP contribution in [-0.4, -0.2) is 83.0 Å². The number of hydrogen-bond acceptors (Lipinski definition) is 8. The highest BCUT2D eigenvalue weighted by Gasteiger charge is 2.32. The number of thioether (sulfide) groups is 1. The van der Waals surface area contributed by atoms with Crippen LogP contribution in [0.4, 0.5) is 18.9 Å². The van der Waals surface area contributed by atoms with Crippen LogP contribution in [-0.2, 0) is 14.3 Å². The van der Waals surface area contributed by atoms with E-state index >= 15 is 0 Å². The predicted molar refractivity (Wildman–Crippen MR) is 171 cm³/mol. The molecule has 0 saturated carbocycles. The number of rotatable bonds is 11. The van der Waals surface area contributed by atoms with Crippen LogP contribution in [0.2, 0.25) is 0 Å². The number of benzene rings is 3. The number of carboxylic acid groups (broad SMARTS) is 1. The van der Waals surface area contributed by atoms with E-state index in [0.29, 0.717) is 48.8 Å². The summed E-state index contributed by atoms with van der Waals surface area (Å²) in [6, 6.07) is 11.9. The smallest absolute Gasteiger partial charge is 0.338 e. The Hall–Kier alpha value is -4.24. The molecule has 0 aliphatic carbocycles. The highest BCUT2D eigenvalue weighted by atomic mass is 32.2. The molecule has 2 amide bonds. The minimum Gasteiger partial charge on any atom is -0.492 e. The van der Waals surface area contributed by atoms with Crippen LogP contribution in [0, 0.1) is 17.5 Å². The van der Waals surface area contributed by atoms with Crippen LogP contribution in [0.3, 0.4) is 0 Å². The molecule has 0 aromatic heterocycles. The summed E-state index contributed by atoms with van der Waals surface area (Å²) in [6.45, 7) is 3.85. The van der Waals surface area contributed by atoms with Crippen molar-refractivity contribution in [1.82, 2.24) is 9.80 Å². The molecule has 2 N–H and O–H groups in total. The molecule has 9 nitrogen and oxygen atoms in total. The monoisotopic (exact) mass is 671 g/mol. The van der Waals surface area contributed by atoms with E-state index in [-0.39, 0.29) is 27.9 Å². The first kappa shape index (κ1) is 33.1. The molecule has 2 fully saturated rings. The van der Waals surface area contributed by atoms with Gasteiger partial charge in [-0.25, -0.2) is 18.0 Å². The van der Waals surface area contributed by atoms with Gasteiger partial charge < -0.3 is 19.9 Å². The number of hydrogen-bond donors (Lipinski definition) is 2. The van der Waals surface area contributed by atoms with E-state index in [1.807, 2.05) is 0 Å². The number of carbonyl (C=O) groups excluding carboxylic acids is 2. The third-order valence-corrected chi connectivity index (χ3v) is 8.62. The maximum absolute atomic E-state index is 14.0. The molecule has 0 spiro atoms. The fourth-order valence-corrected chi connectivity index (χ4v) is 6.09. The van der Waals surface area contributed by atoms with E-state index in [9.17, 15) is 27.6 Å². The Bertz CT molecular complexity index is 1710. The zero-order valence-corrected chi connectivity index (χ0v) is 25.9. The zero-order chi connectivity index (χ0) is 32.8. The number of carbonyl (C=O) groups is 3. The summed E-state index contributed by atoms with van der Waals surface area (Å²) in [5.41, 5.74) is 1.08. The number of morpholine rings is 1. The van der Waals surface area contributed by atoms with E-state index in [1.54, 1.807) is 24.3 Å². The number of halogens is 3. The third-order valence-electron chi connectivity index (χ3n) is 7.24. The van der Waals surface area contributed by atoms with Crippen molar-refractivity contribution in [2.45, 2.75) is 6.42 Å². The van der Waals surface area contributed by atoms with Crippen LogP contribution in [0.25, 0.3) is 17.2 Å². The topological polar surface area (TPSA) is 108 Å². The van der Waals surface area contributed by atoms with Crippen LogP contribution >= 0.6 is 24.0 Å². The Labute approximate surface area is 272 Å². The Balaban J connectivity index is 1.30. The van der Waals surface area contributed by atoms with Crippen molar-refractivity contribution in [2.75, 3.05) is 51.3 Å². The molecule has 46 heavy (non-hydrogen) atoms. The highest BCUT2D eigenvalue weighted by Crippen LogP contribution is 2.36. The van der Waals surface area contributed by atoms with E-state index in [4.69, 9.17) is 26.8 Å². The van der Waals surface area contributed by atoms with Gasteiger partial charge in [-0.15, -0.1) is 0 Å². The summed E-state index contributed by atoms with van der Waals surface area (Å²) in [7, 11) is 0. The standard InChI is InChI=1S/C32H28F3N3O6S2/c33-24-5-1-20(16-26(24)35)19-2-6-27(44-14-11-37-9-12-43-13-10-37)21(15-19)17-28-30(40)38(32(45)46-28)8-7-29(39)36-22-3-4-23(31(41)42)25(34)18-22/h1-6,15-18H,7-14H2,(H,36,39)(H,41,42)/b28-17-. The molecule has 5 rings (SSSR count). The first-order valence-electron chi connectivity index (χ1n) is 14.2. The lowest BCUT2D eigenvalue weighted by atomic mass is 10.0. The maximum atomic E-state index is 14.0. The van der Waals surface area contributed by atoms with Crippen molar-refractivity contribution in [3.63, 3.8) is 0 Å². The van der Waals surface area contributed by atoms with E-state index in [0.717, 1.165) is 49.1 Å². The molecular weight excluding hydrogens is 643 g/mol. The molecule has 14 heteroatoms. The van der Waals surface area contributed by atoms with Crippen molar-refractivity contribution >= 4 is 57.8 Å². The molecular formula is C32H28F3N3O6S2. The number of amides is 2. The number of anilines is 1. The van der Waals surface area contributed by atoms with Gasteiger partial charge in [-0.3, -0.25) is 19.4 Å². The van der Waals surface area contributed by atoms with Gasteiger partial charge in [-0.1, -0.05) is 36.1 Å². The maximum Gasteiger partial charge on any atom is 0.338 e. The second kappa shape index (κ2) is 14.9. The summed E-state index contributed by atoms with van der Waals surface area (Å²) in [4.78, 5) is 40.7. The van der Waals surface area contributed by atoms with Gasteiger partial charge in [0.2, 0.25) is 5.91 Å². The molecule has 2 heterocycles. The van der Waals surface area contributed by atoms with E-state index in [1.165, 1.54) is 17.0 Å². The summed E-state index contributed by atoms with van der Waals surface area (Å²) >= 11 is 6.46. The second-order valence-corrected chi connectivity index (χ2v) is 12.0. The average molecular weight is 672 g/mol. The number of nitrogens with one attached hydrogen (secondary N) is 1. The van der Waals surface area contributed by atoms with Crippen molar-refractivity contribution in [3.05, 3.63) is 88.1 Å². The summed E-state index contributed by atoms with van der Waals surface area (Å²) < 4.78 is 53.3.